The van der Waals surface area contributed by atoms with Crippen molar-refractivity contribution in [1.29, 1.82) is 0 Å². The lowest BCUT2D eigenvalue weighted by atomic mass is 10.1. The summed E-state index contributed by atoms with van der Waals surface area (Å²) in [4.78, 5) is 13.7. The molecule has 6 heteroatoms. The van der Waals surface area contributed by atoms with Crippen LogP contribution in [-0.4, -0.2) is 15.7 Å². The van der Waals surface area contributed by atoms with Crippen LogP contribution in [0, 0.1) is 0 Å². The lowest BCUT2D eigenvalue weighted by Gasteiger charge is -2.06. The van der Waals surface area contributed by atoms with Gasteiger partial charge in [0.15, 0.2) is 0 Å². The number of thiophene rings is 1. The molecule has 0 aliphatic heterocycles. The van der Waals surface area contributed by atoms with Crippen LogP contribution in [0.15, 0.2) is 12.3 Å². The van der Waals surface area contributed by atoms with Gasteiger partial charge in [-0.2, -0.15) is 5.10 Å². The third-order valence-electron chi connectivity index (χ3n) is 3.80. The number of nitrogens with one attached hydrogen (secondary N) is 1. The molecule has 3 rings (SSSR count). The molecule has 3 N–H and O–H groups in total. The standard InChI is InChI=1S/C15H20N4OS/c1-9(2)19-7-6-10(18-19)8-17-15(20)13-11-4-3-5-12(11)21-14(13)16/h6-7,9H,3-5,8,16H2,1-2H3,(H,17,20). The van der Waals surface area contributed by atoms with Crippen LogP contribution in [0.25, 0.3) is 0 Å². The van der Waals surface area contributed by atoms with Crippen LogP contribution in [-0.2, 0) is 19.4 Å². The minimum atomic E-state index is -0.0778. The third kappa shape index (κ3) is 2.68. The molecular weight excluding hydrogens is 284 g/mol. The SMILES string of the molecule is CC(C)n1ccc(CNC(=O)c2c(N)sc3c2CCC3)n1. The summed E-state index contributed by atoms with van der Waals surface area (Å²) in [6.07, 6.45) is 5.08. The van der Waals surface area contributed by atoms with Gasteiger partial charge in [0.2, 0.25) is 0 Å². The van der Waals surface area contributed by atoms with Crippen molar-refractivity contribution in [3.8, 4) is 0 Å². The number of aryl methyl sites for hydroxylation is 1. The van der Waals surface area contributed by atoms with Crippen molar-refractivity contribution < 1.29 is 4.79 Å². The molecule has 2 heterocycles. The Labute approximate surface area is 128 Å². The van der Waals surface area contributed by atoms with E-state index in [1.165, 1.54) is 4.88 Å². The fraction of sp³-hybridized carbons (Fsp3) is 0.467. The van der Waals surface area contributed by atoms with E-state index in [4.69, 9.17) is 5.73 Å². The van der Waals surface area contributed by atoms with E-state index in [9.17, 15) is 4.79 Å². The second kappa shape index (κ2) is 5.52. The number of anilines is 1. The normalized spacial score (nSPS) is 13.7. The minimum Gasteiger partial charge on any atom is -0.390 e. The van der Waals surface area contributed by atoms with Crippen molar-refractivity contribution in [2.24, 2.45) is 0 Å². The average molecular weight is 304 g/mol. The van der Waals surface area contributed by atoms with Crippen LogP contribution in [0.3, 0.4) is 0 Å². The third-order valence-corrected chi connectivity index (χ3v) is 4.92. The summed E-state index contributed by atoms with van der Waals surface area (Å²) < 4.78 is 1.89. The first-order chi connectivity index (χ1) is 10.1. The van der Waals surface area contributed by atoms with Crippen LogP contribution >= 0.6 is 11.3 Å². The molecule has 2 aromatic heterocycles. The van der Waals surface area contributed by atoms with Gasteiger partial charge in [0, 0.05) is 17.1 Å². The Balaban J connectivity index is 1.69. The van der Waals surface area contributed by atoms with Gasteiger partial charge in [0.05, 0.1) is 22.8 Å². The summed E-state index contributed by atoms with van der Waals surface area (Å²) >= 11 is 1.56. The van der Waals surface area contributed by atoms with E-state index in [1.54, 1.807) is 11.3 Å². The predicted octanol–water partition coefficient (Wildman–Crippen LogP) is 2.53. The number of rotatable bonds is 4. The highest BCUT2D eigenvalue weighted by molar-refractivity contribution is 7.16. The Hall–Kier alpha value is -1.82. The molecule has 0 bridgehead atoms. The molecule has 0 saturated heterocycles. The Morgan fingerprint density at radius 1 is 1.52 bits per heavy atom. The molecule has 0 atom stereocenters. The van der Waals surface area contributed by atoms with E-state index in [2.05, 4.69) is 24.3 Å². The summed E-state index contributed by atoms with van der Waals surface area (Å²) in [5, 5.41) is 8.01. The number of carbonyl (C=O) groups is 1. The smallest absolute Gasteiger partial charge is 0.254 e. The molecule has 0 spiro atoms. The topological polar surface area (TPSA) is 72.9 Å². The number of nitrogens with zero attached hydrogens (tertiary/aromatic N) is 2. The average Bonchev–Trinajstić information content (AvgIpc) is 3.10. The van der Waals surface area contributed by atoms with Gasteiger partial charge in [-0.15, -0.1) is 11.3 Å². The molecule has 0 unspecified atom stereocenters. The molecule has 2 aromatic rings. The molecule has 112 valence electrons. The first kappa shape index (κ1) is 14.1. The largest absolute Gasteiger partial charge is 0.390 e. The zero-order valence-electron chi connectivity index (χ0n) is 12.3. The first-order valence-corrected chi connectivity index (χ1v) is 8.10. The van der Waals surface area contributed by atoms with Crippen molar-refractivity contribution in [3.05, 3.63) is 34.0 Å². The second-order valence-electron chi connectivity index (χ2n) is 5.66. The molecule has 0 aromatic carbocycles. The maximum Gasteiger partial charge on any atom is 0.254 e. The Morgan fingerprint density at radius 2 is 2.33 bits per heavy atom. The van der Waals surface area contributed by atoms with E-state index in [0.29, 0.717) is 23.2 Å². The highest BCUT2D eigenvalue weighted by Crippen LogP contribution is 2.37. The van der Waals surface area contributed by atoms with Gasteiger partial charge < -0.3 is 11.1 Å². The molecule has 1 amide bonds. The summed E-state index contributed by atoms with van der Waals surface area (Å²) in [6, 6.07) is 2.26. The number of carbonyl (C=O) groups excluding carboxylic acids is 1. The van der Waals surface area contributed by atoms with Crippen LogP contribution in [0.4, 0.5) is 5.00 Å². The van der Waals surface area contributed by atoms with Crippen molar-refractivity contribution in [3.63, 3.8) is 0 Å². The monoisotopic (exact) mass is 304 g/mol. The number of fused-ring (bicyclic) bond motifs is 1. The number of hydrogen-bond acceptors (Lipinski definition) is 4. The van der Waals surface area contributed by atoms with E-state index >= 15 is 0 Å². The van der Waals surface area contributed by atoms with Gasteiger partial charge in [0.25, 0.3) is 5.91 Å². The van der Waals surface area contributed by atoms with Crippen LogP contribution in [0.1, 0.15) is 52.8 Å². The summed E-state index contributed by atoms with van der Waals surface area (Å²) in [6.45, 7) is 4.58. The predicted molar refractivity (Wildman–Crippen MR) is 84.5 cm³/mol. The molecule has 0 fully saturated rings. The fourth-order valence-electron chi connectivity index (χ4n) is 2.69. The van der Waals surface area contributed by atoms with Crippen molar-refractivity contribution in [2.75, 3.05) is 5.73 Å². The summed E-state index contributed by atoms with van der Waals surface area (Å²) in [7, 11) is 0. The Kier molecular flexibility index (Phi) is 3.71. The lowest BCUT2D eigenvalue weighted by molar-refractivity contribution is 0.0951. The van der Waals surface area contributed by atoms with E-state index in [-0.39, 0.29) is 5.91 Å². The van der Waals surface area contributed by atoms with E-state index in [1.807, 2.05) is 16.9 Å². The highest BCUT2D eigenvalue weighted by Gasteiger charge is 2.25. The maximum atomic E-state index is 12.4. The zero-order chi connectivity index (χ0) is 15.0. The highest BCUT2D eigenvalue weighted by atomic mass is 32.1. The van der Waals surface area contributed by atoms with Gasteiger partial charge in [-0.3, -0.25) is 9.48 Å². The van der Waals surface area contributed by atoms with Crippen molar-refractivity contribution >= 4 is 22.2 Å². The number of amides is 1. The summed E-state index contributed by atoms with van der Waals surface area (Å²) in [5.74, 6) is -0.0778. The molecule has 1 aliphatic rings. The lowest BCUT2D eigenvalue weighted by Crippen LogP contribution is -2.24. The molecule has 0 saturated carbocycles. The quantitative estimate of drug-likeness (QED) is 0.911. The van der Waals surface area contributed by atoms with Gasteiger partial charge in [-0.05, 0) is 44.7 Å². The summed E-state index contributed by atoms with van der Waals surface area (Å²) in [5.41, 5.74) is 8.71. The van der Waals surface area contributed by atoms with Gasteiger partial charge in [-0.25, -0.2) is 0 Å². The molecule has 21 heavy (non-hydrogen) atoms. The van der Waals surface area contributed by atoms with E-state index < -0.39 is 0 Å². The number of nitrogen functional groups attached to an aromatic ring is 1. The van der Waals surface area contributed by atoms with Crippen LogP contribution in [0.5, 0.6) is 0 Å². The number of aromatic nitrogens is 2. The van der Waals surface area contributed by atoms with Crippen LogP contribution in [0.2, 0.25) is 0 Å². The van der Waals surface area contributed by atoms with Gasteiger partial charge >= 0.3 is 0 Å². The molecule has 0 radical (unpaired) electrons. The Bertz CT molecular complexity index is 671. The Morgan fingerprint density at radius 3 is 3.05 bits per heavy atom. The zero-order valence-corrected chi connectivity index (χ0v) is 13.2. The van der Waals surface area contributed by atoms with Crippen LogP contribution < -0.4 is 11.1 Å². The second-order valence-corrected chi connectivity index (χ2v) is 6.80. The van der Waals surface area contributed by atoms with Gasteiger partial charge in [-0.1, -0.05) is 0 Å². The fourth-order valence-corrected chi connectivity index (χ4v) is 3.85. The van der Waals surface area contributed by atoms with E-state index in [0.717, 1.165) is 30.5 Å². The molecular formula is C15H20N4OS. The number of nitrogens with two attached hydrogens (primary N) is 1. The molecule has 1 aliphatic carbocycles. The first-order valence-electron chi connectivity index (χ1n) is 7.28. The molecule has 5 nitrogen and oxygen atoms in total. The number of hydrogen-bond donors (Lipinski definition) is 2. The van der Waals surface area contributed by atoms with Crippen molar-refractivity contribution in [2.45, 2.75) is 45.7 Å². The van der Waals surface area contributed by atoms with Gasteiger partial charge in [0.1, 0.15) is 0 Å². The van der Waals surface area contributed by atoms with Crippen molar-refractivity contribution in [1.82, 2.24) is 15.1 Å². The minimum absolute atomic E-state index is 0.0778. The maximum absolute atomic E-state index is 12.4.